The molecule has 2 aromatic carbocycles. The molecule has 35 heavy (non-hydrogen) atoms. The van der Waals surface area contributed by atoms with Crippen LogP contribution in [0.25, 0.3) is 0 Å². The summed E-state index contributed by atoms with van der Waals surface area (Å²) >= 11 is 12.5. The molecule has 0 aliphatic carbocycles. The number of benzene rings is 2. The zero-order chi connectivity index (χ0) is 25.4. The minimum absolute atomic E-state index is 0.0154. The summed E-state index contributed by atoms with van der Waals surface area (Å²) in [5.41, 5.74) is -1.16. The predicted octanol–water partition coefficient (Wildman–Crippen LogP) is 5.54. The van der Waals surface area contributed by atoms with Crippen molar-refractivity contribution in [2.75, 3.05) is 11.1 Å². The van der Waals surface area contributed by atoms with E-state index in [1.165, 1.54) is 6.07 Å². The second-order valence-corrected chi connectivity index (χ2v) is 9.04. The lowest BCUT2D eigenvalue weighted by Gasteiger charge is -2.31. The van der Waals surface area contributed by atoms with Gasteiger partial charge < -0.3 is 9.73 Å². The lowest BCUT2D eigenvalue weighted by Crippen LogP contribution is -2.49. The number of amides is 1. The molecule has 0 saturated carbocycles. The van der Waals surface area contributed by atoms with Gasteiger partial charge in [0.25, 0.3) is 11.1 Å². The van der Waals surface area contributed by atoms with Gasteiger partial charge in [0.05, 0.1) is 11.4 Å². The molecule has 1 amide bonds. The number of carbonyl (C=O) groups excluding carboxylic acids is 1. The van der Waals surface area contributed by atoms with E-state index in [9.17, 15) is 26.7 Å². The topological polar surface area (TPSA) is 92.4 Å². The van der Waals surface area contributed by atoms with E-state index in [1.54, 1.807) is 0 Å². The molecule has 1 aliphatic heterocycles. The van der Waals surface area contributed by atoms with Gasteiger partial charge in [-0.2, -0.15) is 18.3 Å². The monoisotopic (exact) mass is 551 g/mol. The number of hydrogen-bond acceptors (Lipinski definition) is 7. The van der Waals surface area contributed by atoms with Gasteiger partial charge in [-0.15, -0.1) is 10.2 Å². The summed E-state index contributed by atoms with van der Waals surface area (Å²) < 4.78 is 74.3. The fourth-order valence-corrected chi connectivity index (χ4v) is 4.29. The standard InChI is InChI=1S/C20H12Cl2F5N5O2S/c21-10-3-9(4-11(22)5-10)19(20(25,26)27)7-15(29-32-19)17-30-31-18(34-17)35-8-16(33)28-14-2-1-12(23)6-13(14)24/h1-6,32H,7-8H2,(H,28,33). The Bertz CT molecular complexity index is 1300. The van der Waals surface area contributed by atoms with Gasteiger partial charge in [-0.25, -0.2) is 8.78 Å². The summed E-state index contributed by atoms with van der Waals surface area (Å²) in [5.74, 6) is -3.00. The van der Waals surface area contributed by atoms with Gasteiger partial charge in [0, 0.05) is 22.5 Å². The lowest BCUT2D eigenvalue weighted by atomic mass is 9.85. The molecule has 0 radical (unpaired) electrons. The molecule has 1 unspecified atom stereocenters. The molecule has 0 bridgehead atoms. The Balaban J connectivity index is 1.44. The molecule has 1 aliphatic rings. The number of aromatic nitrogens is 2. The third-order valence-corrected chi connectivity index (χ3v) is 6.09. The van der Waals surface area contributed by atoms with E-state index in [2.05, 4.69) is 26.0 Å². The van der Waals surface area contributed by atoms with Crippen LogP contribution in [0.4, 0.5) is 27.6 Å². The van der Waals surface area contributed by atoms with Crippen molar-refractivity contribution in [2.24, 2.45) is 5.10 Å². The van der Waals surface area contributed by atoms with Crippen LogP contribution in [-0.2, 0) is 10.3 Å². The van der Waals surface area contributed by atoms with Crippen LogP contribution in [0, 0.1) is 11.6 Å². The van der Waals surface area contributed by atoms with Crippen LogP contribution in [0.5, 0.6) is 0 Å². The maximum Gasteiger partial charge on any atom is 0.417 e. The Kier molecular flexibility index (Phi) is 6.93. The second kappa shape index (κ2) is 9.63. The number of nitrogens with zero attached hydrogens (tertiary/aromatic N) is 3. The van der Waals surface area contributed by atoms with E-state index in [4.69, 9.17) is 27.6 Å². The summed E-state index contributed by atoms with van der Waals surface area (Å²) in [6.07, 6.45) is -5.48. The van der Waals surface area contributed by atoms with Crippen LogP contribution in [0.15, 0.2) is 51.1 Å². The maximum atomic E-state index is 14.1. The summed E-state index contributed by atoms with van der Waals surface area (Å²) in [6, 6.07) is 6.21. The van der Waals surface area contributed by atoms with Gasteiger partial charge in [0.1, 0.15) is 17.3 Å². The van der Waals surface area contributed by atoms with Gasteiger partial charge in [0.2, 0.25) is 5.91 Å². The van der Waals surface area contributed by atoms with Gasteiger partial charge in [0.15, 0.2) is 5.54 Å². The molecule has 15 heteroatoms. The molecule has 1 aromatic heterocycles. The first-order valence-corrected chi connectivity index (χ1v) is 11.3. The molecule has 2 N–H and O–H groups in total. The fraction of sp³-hybridized carbons (Fsp3) is 0.200. The highest BCUT2D eigenvalue weighted by molar-refractivity contribution is 7.99. The van der Waals surface area contributed by atoms with Crippen molar-refractivity contribution in [1.82, 2.24) is 15.6 Å². The molecule has 0 spiro atoms. The van der Waals surface area contributed by atoms with E-state index in [0.29, 0.717) is 6.07 Å². The van der Waals surface area contributed by atoms with Crippen molar-refractivity contribution < 1.29 is 31.2 Å². The molecule has 2 heterocycles. The van der Waals surface area contributed by atoms with Gasteiger partial charge >= 0.3 is 6.18 Å². The number of hydrazone groups is 1. The SMILES string of the molecule is O=C(CSc1nnc(C2=NNC(c3cc(Cl)cc(Cl)c3)(C(F)(F)F)C2)o1)Nc1ccc(F)cc1F. The number of rotatable bonds is 6. The summed E-state index contributed by atoms with van der Waals surface area (Å²) in [7, 11) is 0. The minimum Gasteiger partial charge on any atom is -0.410 e. The summed E-state index contributed by atoms with van der Waals surface area (Å²) in [6.45, 7) is 0. The molecule has 4 rings (SSSR count). The largest absolute Gasteiger partial charge is 0.417 e. The Hall–Kier alpha value is -2.90. The highest BCUT2D eigenvalue weighted by Gasteiger charge is 2.60. The van der Waals surface area contributed by atoms with E-state index in [-0.39, 0.29) is 43.9 Å². The molecule has 0 fully saturated rings. The van der Waals surface area contributed by atoms with Crippen LogP contribution in [0.2, 0.25) is 10.0 Å². The molecular weight excluding hydrogens is 540 g/mol. The van der Waals surface area contributed by atoms with E-state index < -0.39 is 35.7 Å². The zero-order valence-corrected chi connectivity index (χ0v) is 19.4. The normalized spacial score (nSPS) is 17.7. The van der Waals surface area contributed by atoms with E-state index >= 15 is 0 Å². The predicted molar refractivity (Wildman–Crippen MR) is 118 cm³/mol. The Labute approximate surface area is 208 Å². The third-order valence-electron chi connectivity index (χ3n) is 4.84. The average molecular weight is 552 g/mol. The van der Waals surface area contributed by atoms with Crippen molar-refractivity contribution >= 4 is 52.3 Å². The fourth-order valence-electron chi connectivity index (χ4n) is 3.20. The minimum atomic E-state index is -4.79. The number of thioether (sulfide) groups is 1. The van der Waals surface area contributed by atoms with Crippen molar-refractivity contribution in [3.63, 3.8) is 0 Å². The van der Waals surface area contributed by atoms with Crippen LogP contribution in [0.3, 0.4) is 0 Å². The third kappa shape index (κ3) is 5.36. The first-order valence-electron chi connectivity index (χ1n) is 9.55. The van der Waals surface area contributed by atoms with Crippen LogP contribution < -0.4 is 10.7 Å². The molecule has 184 valence electrons. The zero-order valence-electron chi connectivity index (χ0n) is 17.1. The van der Waals surface area contributed by atoms with Crippen LogP contribution in [-0.4, -0.2) is 33.7 Å². The van der Waals surface area contributed by atoms with Gasteiger partial charge in [-0.3, -0.25) is 10.2 Å². The Morgan fingerprint density at radius 1 is 1.14 bits per heavy atom. The number of nitrogens with one attached hydrogen (secondary N) is 2. The Morgan fingerprint density at radius 3 is 2.51 bits per heavy atom. The van der Waals surface area contributed by atoms with Crippen molar-refractivity contribution in [3.05, 3.63) is 69.5 Å². The summed E-state index contributed by atoms with van der Waals surface area (Å²) in [5, 5.41) is 13.3. The van der Waals surface area contributed by atoms with Gasteiger partial charge in [-0.1, -0.05) is 35.0 Å². The average Bonchev–Trinajstić information content (AvgIpc) is 3.41. The number of hydrogen-bond donors (Lipinski definition) is 2. The summed E-state index contributed by atoms with van der Waals surface area (Å²) in [4.78, 5) is 12.0. The van der Waals surface area contributed by atoms with Crippen LogP contribution in [0.1, 0.15) is 17.9 Å². The molecule has 1 atom stereocenters. The molecular formula is C20H12Cl2F5N5O2S. The van der Waals surface area contributed by atoms with E-state index in [0.717, 1.165) is 36.0 Å². The highest BCUT2D eigenvalue weighted by Crippen LogP contribution is 2.46. The van der Waals surface area contributed by atoms with Crippen LogP contribution >= 0.6 is 35.0 Å². The van der Waals surface area contributed by atoms with Crippen molar-refractivity contribution in [3.8, 4) is 0 Å². The van der Waals surface area contributed by atoms with Gasteiger partial charge in [-0.05, 0) is 35.9 Å². The molecule has 0 saturated heterocycles. The smallest absolute Gasteiger partial charge is 0.410 e. The number of halogens is 7. The Morgan fingerprint density at radius 2 is 1.86 bits per heavy atom. The quantitative estimate of drug-likeness (QED) is 0.308. The number of alkyl halides is 3. The van der Waals surface area contributed by atoms with E-state index in [1.807, 2.05) is 0 Å². The molecule has 3 aromatic rings. The first-order chi connectivity index (χ1) is 16.5. The van der Waals surface area contributed by atoms with Crippen molar-refractivity contribution in [2.45, 2.75) is 23.4 Å². The highest BCUT2D eigenvalue weighted by atomic mass is 35.5. The first kappa shape index (κ1) is 25.2. The number of carbonyl (C=O) groups is 1. The number of anilines is 1. The van der Waals surface area contributed by atoms with Crippen molar-refractivity contribution in [1.29, 1.82) is 0 Å². The molecule has 7 nitrogen and oxygen atoms in total. The lowest BCUT2D eigenvalue weighted by molar-refractivity contribution is -0.196. The maximum absolute atomic E-state index is 14.1. The second-order valence-electron chi connectivity index (χ2n) is 7.24.